The van der Waals surface area contributed by atoms with E-state index in [2.05, 4.69) is 22.3 Å². The minimum absolute atomic E-state index is 0.00943. The summed E-state index contributed by atoms with van der Waals surface area (Å²) < 4.78 is 7.59. The van der Waals surface area contributed by atoms with E-state index in [1.807, 2.05) is 10.6 Å². The van der Waals surface area contributed by atoms with Gasteiger partial charge in [-0.2, -0.15) is 0 Å². The summed E-state index contributed by atoms with van der Waals surface area (Å²) in [5.74, 6) is 0. The van der Waals surface area contributed by atoms with Crippen LogP contribution in [0.1, 0.15) is 17.2 Å². The molecule has 0 bridgehead atoms. The Bertz CT molecular complexity index is 509. The number of fused-ring (bicyclic) bond motifs is 1. The molecular formula is C12H14N4O. The Balaban J connectivity index is 2.12. The van der Waals surface area contributed by atoms with Gasteiger partial charge >= 0.3 is 0 Å². The fourth-order valence-electron chi connectivity index (χ4n) is 2.32. The van der Waals surface area contributed by atoms with Gasteiger partial charge in [-0.25, -0.2) is 0 Å². The first-order valence-electron chi connectivity index (χ1n) is 5.68. The van der Waals surface area contributed by atoms with Crippen LogP contribution in [0.3, 0.4) is 0 Å². The molecular weight excluding hydrogens is 216 g/mol. The standard InChI is InChI=1S/C12H14N4O/c13-6-12-10-2-1-3-11(9(10)4-5-17-12)16-7-14-15-8-16/h1-3,7-8,12H,4-6,13H2. The lowest BCUT2D eigenvalue weighted by Gasteiger charge is -2.26. The van der Waals surface area contributed by atoms with Crippen molar-refractivity contribution in [1.29, 1.82) is 0 Å². The Kier molecular flexibility index (Phi) is 2.62. The molecule has 3 rings (SSSR count). The average Bonchev–Trinajstić information content (AvgIpc) is 2.91. The summed E-state index contributed by atoms with van der Waals surface area (Å²) >= 11 is 0. The maximum atomic E-state index is 5.73. The summed E-state index contributed by atoms with van der Waals surface area (Å²) in [7, 11) is 0. The van der Waals surface area contributed by atoms with Gasteiger partial charge in [-0.1, -0.05) is 12.1 Å². The van der Waals surface area contributed by atoms with Crippen molar-refractivity contribution in [2.24, 2.45) is 5.73 Å². The number of benzene rings is 1. The highest BCUT2D eigenvalue weighted by Gasteiger charge is 2.22. The van der Waals surface area contributed by atoms with Gasteiger partial charge in [0.25, 0.3) is 0 Å². The van der Waals surface area contributed by atoms with Gasteiger partial charge in [0, 0.05) is 6.54 Å². The molecule has 88 valence electrons. The molecule has 2 heterocycles. The normalized spacial score (nSPS) is 19.0. The SMILES string of the molecule is NCC1OCCc2c1cccc2-n1cnnc1. The van der Waals surface area contributed by atoms with Gasteiger partial charge in [0.15, 0.2) is 0 Å². The third-order valence-electron chi connectivity index (χ3n) is 3.12. The number of ether oxygens (including phenoxy) is 1. The zero-order valence-corrected chi connectivity index (χ0v) is 9.41. The number of nitrogens with zero attached hydrogens (tertiary/aromatic N) is 3. The van der Waals surface area contributed by atoms with E-state index in [1.54, 1.807) is 12.7 Å². The molecule has 2 aromatic rings. The van der Waals surface area contributed by atoms with Gasteiger partial charge in [-0.15, -0.1) is 10.2 Å². The summed E-state index contributed by atoms with van der Waals surface area (Å²) in [6.07, 6.45) is 4.33. The molecule has 2 N–H and O–H groups in total. The van der Waals surface area contributed by atoms with Crippen LogP contribution < -0.4 is 5.73 Å². The lowest BCUT2D eigenvalue weighted by Crippen LogP contribution is -2.24. The first kappa shape index (κ1) is 10.4. The number of aromatic nitrogens is 3. The van der Waals surface area contributed by atoms with E-state index in [0.29, 0.717) is 13.2 Å². The third kappa shape index (κ3) is 1.73. The first-order valence-corrected chi connectivity index (χ1v) is 5.68. The van der Waals surface area contributed by atoms with E-state index < -0.39 is 0 Å². The van der Waals surface area contributed by atoms with Crippen LogP contribution in [-0.4, -0.2) is 27.9 Å². The highest BCUT2D eigenvalue weighted by molar-refractivity contribution is 5.47. The lowest BCUT2D eigenvalue weighted by atomic mass is 9.95. The predicted octanol–water partition coefficient (Wildman–Crippen LogP) is 0.840. The summed E-state index contributed by atoms with van der Waals surface area (Å²) in [4.78, 5) is 0. The molecule has 1 aromatic carbocycles. The Morgan fingerprint density at radius 2 is 2.18 bits per heavy atom. The first-order chi connectivity index (χ1) is 8.40. The van der Waals surface area contributed by atoms with Gasteiger partial charge in [0.1, 0.15) is 12.7 Å². The van der Waals surface area contributed by atoms with Crippen LogP contribution in [0, 0.1) is 0 Å². The second-order valence-corrected chi connectivity index (χ2v) is 4.06. The molecule has 5 nitrogen and oxygen atoms in total. The van der Waals surface area contributed by atoms with Crippen LogP contribution in [0.15, 0.2) is 30.9 Å². The Morgan fingerprint density at radius 1 is 1.35 bits per heavy atom. The molecule has 1 atom stereocenters. The highest BCUT2D eigenvalue weighted by atomic mass is 16.5. The van der Waals surface area contributed by atoms with Crippen LogP contribution in [0.2, 0.25) is 0 Å². The monoisotopic (exact) mass is 230 g/mol. The maximum Gasteiger partial charge on any atom is 0.123 e. The molecule has 5 heteroatoms. The molecule has 0 aliphatic carbocycles. The molecule has 0 saturated carbocycles. The molecule has 1 aromatic heterocycles. The van der Waals surface area contributed by atoms with Crippen molar-refractivity contribution in [2.45, 2.75) is 12.5 Å². The quantitative estimate of drug-likeness (QED) is 0.830. The number of rotatable bonds is 2. The van der Waals surface area contributed by atoms with Crippen molar-refractivity contribution < 1.29 is 4.74 Å². The highest BCUT2D eigenvalue weighted by Crippen LogP contribution is 2.30. The Morgan fingerprint density at radius 3 is 2.94 bits per heavy atom. The molecule has 0 radical (unpaired) electrons. The van der Waals surface area contributed by atoms with Crippen LogP contribution in [0.4, 0.5) is 0 Å². The van der Waals surface area contributed by atoms with Crippen molar-refractivity contribution in [1.82, 2.24) is 14.8 Å². The van der Waals surface area contributed by atoms with Gasteiger partial charge in [0.2, 0.25) is 0 Å². The van der Waals surface area contributed by atoms with Gasteiger partial charge in [-0.05, 0) is 23.6 Å². The van der Waals surface area contributed by atoms with Crippen molar-refractivity contribution in [2.75, 3.05) is 13.2 Å². The molecule has 0 amide bonds. The van der Waals surface area contributed by atoms with E-state index >= 15 is 0 Å². The zero-order chi connectivity index (χ0) is 11.7. The van der Waals surface area contributed by atoms with Crippen molar-refractivity contribution in [3.05, 3.63) is 42.0 Å². The lowest BCUT2D eigenvalue weighted by molar-refractivity contribution is 0.0485. The van der Waals surface area contributed by atoms with E-state index in [9.17, 15) is 0 Å². The maximum absolute atomic E-state index is 5.73. The smallest absolute Gasteiger partial charge is 0.123 e. The minimum atomic E-state index is 0.00943. The summed E-state index contributed by atoms with van der Waals surface area (Å²) in [5.41, 5.74) is 9.32. The Labute approximate surface area is 99.2 Å². The number of nitrogens with two attached hydrogens (primary N) is 1. The van der Waals surface area contributed by atoms with Gasteiger partial charge in [-0.3, -0.25) is 4.57 Å². The van der Waals surface area contributed by atoms with Crippen molar-refractivity contribution in [3.63, 3.8) is 0 Å². The van der Waals surface area contributed by atoms with Crippen LogP contribution in [0.25, 0.3) is 5.69 Å². The summed E-state index contributed by atoms with van der Waals surface area (Å²) in [6.45, 7) is 1.23. The fourth-order valence-corrected chi connectivity index (χ4v) is 2.32. The summed E-state index contributed by atoms with van der Waals surface area (Å²) in [6, 6.07) is 6.17. The average molecular weight is 230 g/mol. The molecule has 0 fully saturated rings. The molecule has 1 unspecified atom stereocenters. The zero-order valence-electron chi connectivity index (χ0n) is 9.41. The third-order valence-corrected chi connectivity index (χ3v) is 3.12. The fraction of sp³-hybridized carbons (Fsp3) is 0.333. The molecule has 1 aliphatic heterocycles. The molecule has 1 aliphatic rings. The molecule has 0 spiro atoms. The molecule has 17 heavy (non-hydrogen) atoms. The van der Waals surface area contributed by atoms with Crippen molar-refractivity contribution >= 4 is 0 Å². The largest absolute Gasteiger partial charge is 0.372 e. The number of hydrogen-bond donors (Lipinski definition) is 1. The minimum Gasteiger partial charge on any atom is -0.372 e. The second kappa shape index (κ2) is 4.27. The predicted molar refractivity (Wildman–Crippen MR) is 62.8 cm³/mol. The van der Waals surface area contributed by atoms with Crippen LogP contribution in [-0.2, 0) is 11.2 Å². The van der Waals surface area contributed by atoms with Crippen molar-refractivity contribution in [3.8, 4) is 5.69 Å². The van der Waals surface area contributed by atoms with Crippen LogP contribution >= 0.6 is 0 Å². The van der Waals surface area contributed by atoms with E-state index in [1.165, 1.54) is 11.1 Å². The molecule has 0 saturated heterocycles. The summed E-state index contributed by atoms with van der Waals surface area (Å²) in [5, 5.41) is 7.69. The van der Waals surface area contributed by atoms with Crippen LogP contribution in [0.5, 0.6) is 0 Å². The number of hydrogen-bond acceptors (Lipinski definition) is 4. The van der Waals surface area contributed by atoms with Gasteiger partial charge in [0.05, 0.1) is 18.4 Å². The van der Waals surface area contributed by atoms with E-state index in [4.69, 9.17) is 10.5 Å². The topological polar surface area (TPSA) is 66.0 Å². The Hall–Kier alpha value is -1.72. The van der Waals surface area contributed by atoms with Gasteiger partial charge < -0.3 is 10.5 Å². The second-order valence-electron chi connectivity index (χ2n) is 4.06. The van der Waals surface area contributed by atoms with E-state index in [0.717, 1.165) is 12.1 Å². The van der Waals surface area contributed by atoms with E-state index in [-0.39, 0.29) is 6.10 Å².